The number of hydrogen-bond donors (Lipinski definition) is 1. The van der Waals surface area contributed by atoms with Gasteiger partial charge in [0.05, 0.1) is 0 Å². The fourth-order valence-electron chi connectivity index (χ4n) is 1.25. The topological polar surface area (TPSA) is 12.0 Å². The second-order valence-corrected chi connectivity index (χ2v) is 3.10. The van der Waals surface area contributed by atoms with Crippen molar-refractivity contribution in [2.24, 2.45) is 0 Å². The van der Waals surface area contributed by atoms with Gasteiger partial charge in [-0.3, -0.25) is 0 Å². The summed E-state index contributed by atoms with van der Waals surface area (Å²) in [6.07, 6.45) is 16.6. The molecule has 0 heterocycles. The molecule has 0 fully saturated rings. The molecule has 0 unspecified atom stereocenters. The fourth-order valence-corrected chi connectivity index (χ4v) is 1.25. The second-order valence-electron chi connectivity index (χ2n) is 3.10. The van der Waals surface area contributed by atoms with Gasteiger partial charge in [0.2, 0.25) is 0 Å². The summed E-state index contributed by atoms with van der Waals surface area (Å²) in [5.74, 6) is 0. The molecule has 0 bridgehead atoms. The van der Waals surface area contributed by atoms with Crippen LogP contribution in [0.2, 0.25) is 0 Å². The summed E-state index contributed by atoms with van der Waals surface area (Å²) >= 11 is 0. The zero-order chi connectivity index (χ0) is 10.2. The van der Waals surface area contributed by atoms with E-state index >= 15 is 0 Å². The third-order valence-corrected chi connectivity index (χ3v) is 2.01. The highest BCUT2D eigenvalue weighted by Crippen LogP contribution is 2.08. The van der Waals surface area contributed by atoms with Gasteiger partial charge in [0.1, 0.15) is 0 Å². The molecule has 1 aliphatic rings. The van der Waals surface area contributed by atoms with Gasteiger partial charge in [0.15, 0.2) is 0 Å². The van der Waals surface area contributed by atoms with Gasteiger partial charge in [-0.2, -0.15) is 0 Å². The van der Waals surface area contributed by atoms with E-state index in [-0.39, 0.29) is 0 Å². The Labute approximate surface area is 86.2 Å². The molecule has 0 aromatic carbocycles. The molecule has 1 rings (SSSR count). The average Bonchev–Trinajstić information content (AvgIpc) is 2.25. The predicted octanol–water partition coefficient (Wildman–Crippen LogP) is 3.46. The Balaban J connectivity index is 2.57. The lowest BCUT2D eigenvalue weighted by Crippen LogP contribution is -2.10. The van der Waals surface area contributed by atoms with Gasteiger partial charge in [-0.25, -0.2) is 0 Å². The highest BCUT2D eigenvalue weighted by molar-refractivity contribution is 5.29. The third kappa shape index (κ3) is 3.48. The van der Waals surface area contributed by atoms with Gasteiger partial charge < -0.3 is 5.32 Å². The lowest BCUT2D eigenvalue weighted by atomic mass is 10.1. The number of hydrogen-bond acceptors (Lipinski definition) is 1. The molecule has 14 heavy (non-hydrogen) atoms. The first-order valence-corrected chi connectivity index (χ1v) is 4.96. The first kappa shape index (κ1) is 10.6. The van der Waals surface area contributed by atoms with Gasteiger partial charge in [-0.05, 0) is 31.9 Å². The zero-order valence-corrected chi connectivity index (χ0v) is 8.66. The fraction of sp³-hybridized carbons (Fsp3) is 0.231. The van der Waals surface area contributed by atoms with E-state index in [1.165, 1.54) is 5.70 Å². The molecule has 1 aliphatic carbocycles. The minimum atomic E-state index is 1.10. The van der Waals surface area contributed by atoms with E-state index in [1.54, 1.807) is 6.08 Å². The molecule has 0 radical (unpaired) electrons. The SMILES string of the molecule is C=C/C=C\C(=C/C)NC1=CCCC=C1. The van der Waals surface area contributed by atoms with Crippen molar-refractivity contribution in [2.75, 3.05) is 0 Å². The van der Waals surface area contributed by atoms with Crippen LogP contribution in [0.3, 0.4) is 0 Å². The summed E-state index contributed by atoms with van der Waals surface area (Å²) in [4.78, 5) is 0. The van der Waals surface area contributed by atoms with Crippen molar-refractivity contribution in [3.8, 4) is 0 Å². The summed E-state index contributed by atoms with van der Waals surface area (Å²) < 4.78 is 0. The van der Waals surface area contributed by atoms with Gasteiger partial charge >= 0.3 is 0 Å². The molecular weight excluding hydrogens is 170 g/mol. The van der Waals surface area contributed by atoms with Crippen LogP contribution in [0.15, 0.2) is 60.5 Å². The highest BCUT2D eigenvalue weighted by atomic mass is 14.9. The summed E-state index contributed by atoms with van der Waals surface area (Å²) in [7, 11) is 0. The van der Waals surface area contributed by atoms with Crippen LogP contribution in [0.4, 0.5) is 0 Å². The molecule has 0 aromatic heterocycles. The van der Waals surface area contributed by atoms with Crippen molar-refractivity contribution in [1.82, 2.24) is 5.32 Å². The highest BCUT2D eigenvalue weighted by Gasteiger charge is 1.96. The monoisotopic (exact) mass is 187 g/mol. The van der Waals surface area contributed by atoms with Crippen LogP contribution in [-0.2, 0) is 0 Å². The Morgan fingerprint density at radius 3 is 2.93 bits per heavy atom. The standard InChI is InChI=1S/C13H17N/c1-3-5-9-12(4-2)14-13-10-7-6-8-11-13/h3-5,7,9-11,14H,1,6,8H2,2H3/b9-5-,12-4+. The van der Waals surface area contributed by atoms with Crippen molar-refractivity contribution < 1.29 is 0 Å². The quantitative estimate of drug-likeness (QED) is 0.665. The second kappa shape index (κ2) is 6.03. The van der Waals surface area contributed by atoms with E-state index < -0.39 is 0 Å². The van der Waals surface area contributed by atoms with Gasteiger partial charge in [-0.1, -0.05) is 37.0 Å². The molecule has 74 valence electrons. The maximum absolute atomic E-state index is 3.64. The van der Waals surface area contributed by atoms with Crippen LogP contribution in [0.25, 0.3) is 0 Å². The maximum atomic E-state index is 3.64. The number of rotatable bonds is 4. The molecule has 0 aliphatic heterocycles. The minimum Gasteiger partial charge on any atom is -0.356 e. The predicted molar refractivity (Wildman–Crippen MR) is 62.7 cm³/mol. The van der Waals surface area contributed by atoms with E-state index in [0.717, 1.165) is 18.5 Å². The number of nitrogens with one attached hydrogen (secondary N) is 1. The molecule has 1 N–H and O–H groups in total. The molecule has 0 saturated heterocycles. The van der Waals surface area contributed by atoms with E-state index in [2.05, 4.69) is 30.1 Å². The molecule has 1 heteroatoms. The van der Waals surface area contributed by atoms with Crippen LogP contribution in [0.5, 0.6) is 0 Å². The largest absolute Gasteiger partial charge is 0.356 e. The normalized spacial score (nSPS) is 16.9. The molecule has 0 aromatic rings. The summed E-state index contributed by atoms with van der Waals surface area (Å²) in [5.41, 5.74) is 2.28. The van der Waals surface area contributed by atoms with E-state index in [0.29, 0.717) is 0 Å². The Kier molecular flexibility index (Phi) is 4.56. The van der Waals surface area contributed by atoms with E-state index in [9.17, 15) is 0 Å². The molecule has 0 saturated carbocycles. The number of allylic oxidation sites excluding steroid dienone is 7. The van der Waals surface area contributed by atoms with Crippen molar-refractivity contribution in [1.29, 1.82) is 0 Å². The van der Waals surface area contributed by atoms with Crippen LogP contribution >= 0.6 is 0 Å². The summed E-state index contributed by atoms with van der Waals surface area (Å²) in [6, 6.07) is 0. The Morgan fingerprint density at radius 2 is 2.36 bits per heavy atom. The van der Waals surface area contributed by atoms with Crippen LogP contribution < -0.4 is 5.32 Å². The lowest BCUT2D eigenvalue weighted by molar-refractivity contribution is 0.947. The summed E-state index contributed by atoms with van der Waals surface area (Å²) in [6.45, 7) is 5.66. The molecule has 0 spiro atoms. The van der Waals surface area contributed by atoms with Crippen molar-refractivity contribution in [3.05, 3.63) is 60.5 Å². The summed E-state index contributed by atoms with van der Waals surface area (Å²) in [5, 5.41) is 3.34. The smallest absolute Gasteiger partial charge is 0.0340 e. The van der Waals surface area contributed by atoms with Crippen molar-refractivity contribution in [2.45, 2.75) is 19.8 Å². The Morgan fingerprint density at radius 1 is 1.50 bits per heavy atom. The van der Waals surface area contributed by atoms with E-state index in [1.807, 2.05) is 25.2 Å². The average molecular weight is 187 g/mol. The molecule has 0 atom stereocenters. The molecule has 0 amide bonds. The van der Waals surface area contributed by atoms with Gasteiger partial charge in [0.25, 0.3) is 0 Å². The Bertz CT molecular complexity index is 303. The third-order valence-electron chi connectivity index (χ3n) is 2.01. The van der Waals surface area contributed by atoms with Crippen molar-refractivity contribution in [3.63, 3.8) is 0 Å². The molecule has 1 nitrogen and oxygen atoms in total. The van der Waals surface area contributed by atoms with Gasteiger partial charge in [0, 0.05) is 11.4 Å². The first-order valence-electron chi connectivity index (χ1n) is 4.96. The van der Waals surface area contributed by atoms with Crippen LogP contribution in [-0.4, -0.2) is 0 Å². The minimum absolute atomic E-state index is 1.10. The molecular formula is C13H17N. The van der Waals surface area contributed by atoms with Crippen LogP contribution in [0, 0.1) is 0 Å². The lowest BCUT2D eigenvalue weighted by Gasteiger charge is -2.10. The van der Waals surface area contributed by atoms with Gasteiger partial charge in [-0.15, -0.1) is 0 Å². The maximum Gasteiger partial charge on any atom is 0.0340 e. The van der Waals surface area contributed by atoms with E-state index in [4.69, 9.17) is 0 Å². The van der Waals surface area contributed by atoms with Crippen molar-refractivity contribution >= 4 is 0 Å². The van der Waals surface area contributed by atoms with Crippen LogP contribution in [0.1, 0.15) is 19.8 Å². The Hall–Kier alpha value is -1.50. The first-order chi connectivity index (χ1) is 6.86. The zero-order valence-electron chi connectivity index (χ0n) is 8.66.